The summed E-state index contributed by atoms with van der Waals surface area (Å²) in [7, 11) is 0. The Morgan fingerprint density at radius 3 is 3.06 bits per heavy atom. The van der Waals surface area contributed by atoms with E-state index in [1.165, 1.54) is 43.4 Å². The average Bonchev–Trinajstić information content (AvgIpc) is 2.83. The molecule has 2 unspecified atom stereocenters. The minimum Gasteiger partial charge on any atom is -0.395 e. The molecule has 3 aliphatic rings. The number of fused-ring (bicyclic) bond motifs is 3. The Morgan fingerprint density at radius 2 is 2.29 bits per heavy atom. The highest BCUT2D eigenvalue weighted by molar-refractivity contribution is 5.99. The molecule has 2 aliphatic carbocycles. The molecule has 92 valence electrons. The van der Waals surface area contributed by atoms with Crippen molar-refractivity contribution in [2.75, 3.05) is 6.61 Å². The van der Waals surface area contributed by atoms with E-state index in [-0.39, 0.29) is 5.41 Å². The van der Waals surface area contributed by atoms with Gasteiger partial charge in [-0.05, 0) is 46.0 Å². The third kappa shape index (κ3) is 1.36. The minimum atomic E-state index is 0.0573. The lowest BCUT2D eigenvalue weighted by atomic mass is 9.69. The van der Waals surface area contributed by atoms with Gasteiger partial charge in [0.15, 0.2) is 0 Å². The van der Waals surface area contributed by atoms with E-state index in [1.54, 1.807) is 11.1 Å². The van der Waals surface area contributed by atoms with E-state index in [9.17, 15) is 0 Å². The van der Waals surface area contributed by atoms with E-state index in [1.807, 2.05) is 0 Å². The average molecular weight is 231 g/mol. The molecule has 17 heavy (non-hydrogen) atoms. The van der Waals surface area contributed by atoms with Crippen LogP contribution in [-0.4, -0.2) is 12.3 Å². The normalized spacial score (nSPS) is 35.9. The van der Waals surface area contributed by atoms with Crippen LogP contribution in [0, 0.1) is 11.3 Å². The lowest BCUT2D eigenvalue weighted by Crippen LogP contribution is -2.34. The van der Waals surface area contributed by atoms with E-state index in [0.29, 0.717) is 5.92 Å². The van der Waals surface area contributed by atoms with Crippen LogP contribution in [-0.2, 0) is 4.84 Å². The lowest BCUT2D eigenvalue weighted by Gasteiger charge is -2.33. The first-order valence-electron chi connectivity index (χ1n) is 6.71. The van der Waals surface area contributed by atoms with Crippen LogP contribution in [0.25, 0.3) is 0 Å². The maximum Gasteiger partial charge on any atom is 0.125 e. The zero-order valence-corrected chi connectivity index (χ0v) is 10.9. The van der Waals surface area contributed by atoms with Crippen LogP contribution in [0.4, 0.5) is 0 Å². The van der Waals surface area contributed by atoms with Gasteiger partial charge < -0.3 is 4.84 Å². The Labute approximate surface area is 103 Å². The molecular weight excluding hydrogens is 210 g/mol. The van der Waals surface area contributed by atoms with Crippen LogP contribution in [0.2, 0.25) is 0 Å². The molecular formula is C15H21NO. The van der Waals surface area contributed by atoms with Crippen molar-refractivity contribution >= 4 is 5.71 Å². The van der Waals surface area contributed by atoms with Crippen molar-refractivity contribution in [2.45, 2.75) is 46.0 Å². The fourth-order valence-corrected chi connectivity index (χ4v) is 3.96. The highest BCUT2D eigenvalue weighted by Crippen LogP contribution is 2.54. The SMILES string of the molecule is C=C(C)C12CCC(C)=C1CCCC1CON=C12. The van der Waals surface area contributed by atoms with Crippen LogP contribution >= 0.6 is 0 Å². The molecule has 0 bridgehead atoms. The summed E-state index contributed by atoms with van der Waals surface area (Å²) in [6, 6.07) is 0. The number of allylic oxidation sites excluding steroid dienone is 3. The van der Waals surface area contributed by atoms with E-state index in [2.05, 4.69) is 25.6 Å². The molecule has 2 heteroatoms. The summed E-state index contributed by atoms with van der Waals surface area (Å²) in [6.07, 6.45) is 6.10. The fraction of sp³-hybridized carbons (Fsp3) is 0.667. The van der Waals surface area contributed by atoms with E-state index >= 15 is 0 Å². The standard InChI is InChI=1S/C15H21NO/c1-10(2)15-8-7-11(3)13(15)6-4-5-12-9-17-16-14(12)15/h12H,1,4-9H2,2-3H3. The number of oxime groups is 1. The Bertz CT molecular complexity index is 432. The van der Waals surface area contributed by atoms with Crippen molar-refractivity contribution in [1.29, 1.82) is 0 Å². The Hall–Kier alpha value is -1.05. The molecule has 0 radical (unpaired) electrons. The van der Waals surface area contributed by atoms with E-state index in [4.69, 9.17) is 4.84 Å². The molecule has 0 spiro atoms. The quantitative estimate of drug-likeness (QED) is 0.628. The number of hydrogen-bond donors (Lipinski definition) is 0. The summed E-state index contributed by atoms with van der Waals surface area (Å²) < 4.78 is 0. The molecule has 0 N–H and O–H groups in total. The number of hydrogen-bond acceptors (Lipinski definition) is 2. The second kappa shape index (κ2) is 3.72. The van der Waals surface area contributed by atoms with Gasteiger partial charge in [0.05, 0.1) is 11.1 Å². The lowest BCUT2D eigenvalue weighted by molar-refractivity contribution is 0.152. The molecule has 1 saturated carbocycles. The number of rotatable bonds is 1. The molecule has 0 aromatic carbocycles. The largest absolute Gasteiger partial charge is 0.395 e. The molecule has 2 nitrogen and oxygen atoms in total. The van der Waals surface area contributed by atoms with Gasteiger partial charge >= 0.3 is 0 Å². The maximum absolute atomic E-state index is 5.39. The van der Waals surface area contributed by atoms with E-state index in [0.717, 1.165) is 6.61 Å². The third-order valence-corrected chi connectivity index (χ3v) is 4.88. The molecule has 0 aromatic rings. The molecule has 0 amide bonds. The first-order valence-corrected chi connectivity index (χ1v) is 6.71. The predicted molar refractivity (Wildman–Crippen MR) is 69.9 cm³/mol. The van der Waals surface area contributed by atoms with E-state index < -0.39 is 0 Å². The molecule has 1 fully saturated rings. The van der Waals surface area contributed by atoms with Gasteiger partial charge in [-0.25, -0.2) is 0 Å². The van der Waals surface area contributed by atoms with Gasteiger partial charge in [0.1, 0.15) is 6.61 Å². The fourth-order valence-electron chi connectivity index (χ4n) is 3.96. The highest BCUT2D eigenvalue weighted by atomic mass is 16.6. The second-order valence-electron chi connectivity index (χ2n) is 5.81. The van der Waals surface area contributed by atoms with Gasteiger partial charge in [0, 0.05) is 5.92 Å². The molecule has 3 rings (SSSR count). The van der Waals surface area contributed by atoms with Crippen LogP contribution in [0.15, 0.2) is 28.5 Å². The van der Waals surface area contributed by atoms with Gasteiger partial charge in [0.2, 0.25) is 0 Å². The van der Waals surface area contributed by atoms with Crippen LogP contribution < -0.4 is 0 Å². The first-order chi connectivity index (χ1) is 8.16. The van der Waals surface area contributed by atoms with Gasteiger partial charge in [0.25, 0.3) is 0 Å². The summed E-state index contributed by atoms with van der Waals surface area (Å²) in [4.78, 5) is 5.39. The van der Waals surface area contributed by atoms with Crippen LogP contribution in [0.1, 0.15) is 46.0 Å². The summed E-state index contributed by atoms with van der Waals surface area (Å²) in [6.45, 7) is 9.52. The Balaban J connectivity index is 2.17. The maximum atomic E-state index is 5.39. The van der Waals surface area contributed by atoms with Crippen molar-refractivity contribution in [2.24, 2.45) is 16.5 Å². The van der Waals surface area contributed by atoms with Gasteiger partial charge in [-0.15, -0.1) is 0 Å². The molecule has 2 atom stereocenters. The monoisotopic (exact) mass is 231 g/mol. The van der Waals surface area contributed by atoms with Crippen molar-refractivity contribution in [3.8, 4) is 0 Å². The molecule has 0 saturated heterocycles. The predicted octanol–water partition coefficient (Wildman–Crippen LogP) is 3.85. The number of nitrogens with zero attached hydrogens (tertiary/aromatic N) is 1. The first kappa shape index (κ1) is 11.1. The third-order valence-electron chi connectivity index (χ3n) is 4.88. The van der Waals surface area contributed by atoms with Crippen molar-refractivity contribution in [3.63, 3.8) is 0 Å². The van der Waals surface area contributed by atoms with Crippen molar-refractivity contribution < 1.29 is 4.84 Å². The summed E-state index contributed by atoms with van der Waals surface area (Å²) in [5.41, 5.74) is 5.79. The topological polar surface area (TPSA) is 21.6 Å². The van der Waals surface area contributed by atoms with Gasteiger partial charge in [-0.2, -0.15) is 0 Å². The van der Waals surface area contributed by atoms with Gasteiger partial charge in [-0.1, -0.05) is 28.5 Å². The van der Waals surface area contributed by atoms with Crippen molar-refractivity contribution in [1.82, 2.24) is 0 Å². The molecule has 0 aromatic heterocycles. The molecule has 1 heterocycles. The minimum absolute atomic E-state index is 0.0573. The summed E-state index contributed by atoms with van der Waals surface area (Å²) >= 11 is 0. The zero-order chi connectivity index (χ0) is 12.0. The smallest absolute Gasteiger partial charge is 0.125 e. The highest BCUT2D eigenvalue weighted by Gasteiger charge is 2.50. The Kier molecular flexibility index (Phi) is 2.42. The van der Waals surface area contributed by atoms with Gasteiger partial charge in [-0.3, -0.25) is 0 Å². The zero-order valence-electron chi connectivity index (χ0n) is 10.9. The van der Waals surface area contributed by atoms with Crippen LogP contribution in [0.3, 0.4) is 0 Å². The second-order valence-corrected chi connectivity index (χ2v) is 5.81. The molecule has 1 aliphatic heterocycles. The Morgan fingerprint density at radius 1 is 1.47 bits per heavy atom. The summed E-state index contributed by atoms with van der Waals surface area (Å²) in [5, 5.41) is 4.41. The van der Waals surface area contributed by atoms with Crippen LogP contribution in [0.5, 0.6) is 0 Å². The summed E-state index contributed by atoms with van der Waals surface area (Å²) in [5.74, 6) is 0.537. The van der Waals surface area contributed by atoms with Crippen molar-refractivity contribution in [3.05, 3.63) is 23.3 Å².